The topological polar surface area (TPSA) is 58.2 Å². The van der Waals surface area contributed by atoms with Crippen LogP contribution in [0.15, 0.2) is 42.5 Å². The van der Waals surface area contributed by atoms with Crippen LogP contribution in [-0.2, 0) is 11.2 Å². The Labute approximate surface area is 133 Å². The largest absolute Gasteiger partial charge is 0.346 e. The van der Waals surface area contributed by atoms with Crippen LogP contribution in [0.5, 0.6) is 0 Å². The molecule has 1 aliphatic heterocycles. The van der Waals surface area contributed by atoms with Gasteiger partial charge in [0.05, 0.1) is 6.04 Å². The van der Waals surface area contributed by atoms with E-state index < -0.39 is 0 Å². The highest BCUT2D eigenvalue weighted by Gasteiger charge is 2.17. The van der Waals surface area contributed by atoms with Crippen LogP contribution in [0.4, 0.5) is 10.1 Å². The SMILES string of the molecule is CC(NC(=O)c1ccc2c(c1)CCC(=O)N2)c1ccc(F)cc1. The van der Waals surface area contributed by atoms with Crippen molar-refractivity contribution in [3.8, 4) is 0 Å². The number of anilines is 1. The molecule has 0 spiro atoms. The maximum Gasteiger partial charge on any atom is 0.251 e. The number of carbonyl (C=O) groups is 2. The Hall–Kier alpha value is -2.69. The maximum atomic E-state index is 12.9. The molecule has 0 saturated heterocycles. The quantitative estimate of drug-likeness (QED) is 0.914. The van der Waals surface area contributed by atoms with Gasteiger partial charge in [-0.05, 0) is 54.8 Å². The lowest BCUT2D eigenvalue weighted by Crippen LogP contribution is -2.27. The minimum atomic E-state index is -0.302. The van der Waals surface area contributed by atoms with Gasteiger partial charge in [0.2, 0.25) is 5.91 Å². The van der Waals surface area contributed by atoms with Gasteiger partial charge >= 0.3 is 0 Å². The highest BCUT2D eigenvalue weighted by Crippen LogP contribution is 2.24. The van der Waals surface area contributed by atoms with Gasteiger partial charge in [0.25, 0.3) is 5.91 Å². The van der Waals surface area contributed by atoms with Crippen molar-refractivity contribution in [2.75, 3.05) is 5.32 Å². The summed E-state index contributed by atoms with van der Waals surface area (Å²) in [5, 5.41) is 5.69. The number of halogens is 1. The number of aryl methyl sites for hydroxylation is 1. The van der Waals surface area contributed by atoms with Gasteiger partial charge in [0, 0.05) is 17.7 Å². The van der Waals surface area contributed by atoms with Gasteiger partial charge in [0.15, 0.2) is 0 Å². The zero-order valence-corrected chi connectivity index (χ0v) is 12.7. The van der Waals surface area contributed by atoms with Crippen LogP contribution in [0, 0.1) is 5.82 Å². The molecule has 5 heteroatoms. The summed E-state index contributed by atoms with van der Waals surface area (Å²) < 4.78 is 12.9. The monoisotopic (exact) mass is 312 g/mol. The number of rotatable bonds is 3. The lowest BCUT2D eigenvalue weighted by molar-refractivity contribution is -0.116. The molecule has 0 aliphatic carbocycles. The third-order valence-electron chi connectivity index (χ3n) is 3.98. The molecule has 0 bridgehead atoms. The Bertz CT molecular complexity index is 756. The van der Waals surface area contributed by atoms with E-state index in [9.17, 15) is 14.0 Å². The zero-order chi connectivity index (χ0) is 16.4. The van der Waals surface area contributed by atoms with E-state index in [4.69, 9.17) is 0 Å². The van der Waals surface area contributed by atoms with Crippen molar-refractivity contribution in [2.45, 2.75) is 25.8 Å². The standard InChI is InChI=1S/C18H17FN2O2/c1-11(12-2-6-15(19)7-3-12)20-18(23)14-4-8-16-13(10-14)5-9-17(22)21-16/h2-4,6-8,10-11H,5,9H2,1H3,(H,20,23)(H,21,22). The first-order chi connectivity index (χ1) is 11.0. The molecule has 2 aromatic carbocycles. The molecule has 4 nitrogen and oxygen atoms in total. The van der Waals surface area contributed by atoms with E-state index in [2.05, 4.69) is 10.6 Å². The fourth-order valence-corrected chi connectivity index (χ4v) is 2.64. The van der Waals surface area contributed by atoms with Gasteiger partial charge in [-0.15, -0.1) is 0 Å². The summed E-state index contributed by atoms with van der Waals surface area (Å²) in [4.78, 5) is 23.7. The Morgan fingerprint density at radius 2 is 1.91 bits per heavy atom. The predicted molar refractivity (Wildman–Crippen MR) is 85.7 cm³/mol. The second-order valence-corrected chi connectivity index (χ2v) is 5.67. The van der Waals surface area contributed by atoms with E-state index in [-0.39, 0.29) is 23.7 Å². The summed E-state index contributed by atoms with van der Waals surface area (Å²) in [5.41, 5.74) is 3.12. The second kappa shape index (κ2) is 6.20. The van der Waals surface area contributed by atoms with E-state index in [0.29, 0.717) is 18.4 Å². The Balaban J connectivity index is 1.73. The first kappa shape index (κ1) is 15.2. The fourth-order valence-electron chi connectivity index (χ4n) is 2.64. The summed E-state index contributed by atoms with van der Waals surface area (Å²) >= 11 is 0. The summed E-state index contributed by atoms with van der Waals surface area (Å²) in [6.07, 6.45) is 1.07. The van der Waals surface area contributed by atoms with Gasteiger partial charge in [0.1, 0.15) is 5.82 Å². The molecule has 23 heavy (non-hydrogen) atoms. The smallest absolute Gasteiger partial charge is 0.251 e. The summed E-state index contributed by atoms with van der Waals surface area (Å²) in [5.74, 6) is -0.495. The van der Waals surface area contributed by atoms with Crippen LogP contribution in [0.1, 0.15) is 40.9 Å². The molecule has 2 amide bonds. The third-order valence-corrected chi connectivity index (χ3v) is 3.98. The van der Waals surface area contributed by atoms with Crippen LogP contribution in [0.25, 0.3) is 0 Å². The molecule has 1 unspecified atom stereocenters. The van der Waals surface area contributed by atoms with Crippen LogP contribution < -0.4 is 10.6 Å². The molecule has 1 aliphatic rings. The fraction of sp³-hybridized carbons (Fsp3) is 0.222. The highest BCUT2D eigenvalue weighted by atomic mass is 19.1. The molecule has 3 rings (SSSR count). The Kier molecular flexibility index (Phi) is 4.10. The first-order valence-electron chi connectivity index (χ1n) is 7.52. The number of nitrogens with one attached hydrogen (secondary N) is 2. The molecular formula is C18H17FN2O2. The van der Waals surface area contributed by atoms with Crippen molar-refractivity contribution < 1.29 is 14.0 Å². The molecule has 0 radical (unpaired) electrons. The predicted octanol–water partition coefficient (Wildman–Crippen LogP) is 3.20. The Morgan fingerprint density at radius 1 is 1.17 bits per heavy atom. The van der Waals surface area contributed by atoms with E-state index >= 15 is 0 Å². The minimum Gasteiger partial charge on any atom is -0.346 e. The Morgan fingerprint density at radius 3 is 2.65 bits per heavy atom. The van der Waals surface area contributed by atoms with Gasteiger partial charge in [-0.2, -0.15) is 0 Å². The van der Waals surface area contributed by atoms with Gasteiger partial charge < -0.3 is 10.6 Å². The lowest BCUT2D eigenvalue weighted by atomic mass is 10.00. The molecule has 2 aromatic rings. The molecule has 0 fully saturated rings. The highest BCUT2D eigenvalue weighted by molar-refractivity contribution is 5.98. The van der Waals surface area contributed by atoms with Crippen molar-refractivity contribution in [1.29, 1.82) is 0 Å². The average Bonchev–Trinajstić information content (AvgIpc) is 2.54. The van der Waals surface area contributed by atoms with Crippen molar-refractivity contribution >= 4 is 17.5 Å². The van der Waals surface area contributed by atoms with Gasteiger partial charge in [-0.25, -0.2) is 4.39 Å². The van der Waals surface area contributed by atoms with E-state index in [0.717, 1.165) is 16.8 Å². The van der Waals surface area contributed by atoms with Crippen molar-refractivity contribution in [3.05, 3.63) is 65.0 Å². The summed E-state index contributed by atoms with van der Waals surface area (Å²) in [6.45, 7) is 1.85. The van der Waals surface area contributed by atoms with Gasteiger partial charge in [-0.1, -0.05) is 12.1 Å². The van der Waals surface area contributed by atoms with E-state index in [1.807, 2.05) is 13.0 Å². The number of carbonyl (C=O) groups excluding carboxylic acids is 2. The molecule has 1 atom stereocenters. The van der Waals surface area contributed by atoms with Crippen molar-refractivity contribution in [3.63, 3.8) is 0 Å². The number of hydrogen-bond donors (Lipinski definition) is 2. The first-order valence-corrected chi connectivity index (χ1v) is 7.52. The number of hydrogen-bond acceptors (Lipinski definition) is 2. The van der Waals surface area contributed by atoms with Crippen molar-refractivity contribution in [2.24, 2.45) is 0 Å². The average molecular weight is 312 g/mol. The van der Waals surface area contributed by atoms with E-state index in [1.54, 1.807) is 24.3 Å². The molecule has 0 saturated carbocycles. The number of amides is 2. The van der Waals surface area contributed by atoms with E-state index in [1.165, 1.54) is 12.1 Å². The molecular weight excluding hydrogens is 295 g/mol. The number of benzene rings is 2. The summed E-state index contributed by atoms with van der Waals surface area (Å²) in [6, 6.07) is 11.1. The normalized spacial score (nSPS) is 14.6. The second-order valence-electron chi connectivity index (χ2n) is 5.67. The van der Waals surface area contributed by atoms with Crippen LogP contribution in [0.2, 0.25) is 0 Å². The molecule has 1 heterocycles. The third kappa shape index (κ3) is 3.39. The van der Waals surface area contributed by atoms with Crippen LogP contribution in [-0.4, -0.2) is 11.8 Å². The molecule has 0 aromatic heterocycles. The minimum absolute atomic E-state index is 0.000339. The zero-order valence-electron chi connectivity index (χ0n) is 12.7. The lowest BCUT2D eigenvalue weighted by Gasteiger charge is -2.18. The molecule has 118 valence electrons. The maximum absolute atomic E-state index is 12.9. The number of fused-ring (bicyclic) bond motifs is 1. The van der Waals surface area contributed by atoms with Crippen LogP contribution in [0.3, 0.4) is 0 Å². The van der Waals surface area contributed by atoms with Crippen LogP contribution >= 0.6 is 0 Å². The van der Waals surface area contributed by atoms with Crippen molar-refractivity contribution in [1.82, 2.24) is 5.32 Å². The molecule has 2 N–H and O–H groups in total. The summed E-state index contributed by atoms with van der Waals surface area (Å²) in [7, 11) is 0. The van der Waals surface area contributed by atoms with Gasteiger partial charge in [-0.3, -0.25) is 9.59 Å².